The van der Waals surface area contributed by atoms with Gasteiger partial charge in [0, 0.05) is 22.9 Å². The normalized spacial score (nSPS) is 10.4. The summed E-state index contributed by atoms with van der Waals surface area (Å²) in [6.45, 7) is 8.44. The lowest BCUT2D eigenvalue weighted by molar-refractivity contribution is 0.0979. The van der Waals surface area contributed by atoms with Gasteiger partial charge in [0.1, 0.15) is 12.4 Å². The van der Waals surface area contributed by atoms with Gasteiger partial charge in [0.05, 0.1) is 0 Å². The Kier molecular flexibility index (Phi) is 5.09. The summed E-state index contributed by atoms with van der Waals surface area (Å²) in [4.78, 5) is 14.0. The van der Waals surface area contributed by atoms with E-state index in [4.69, 9.17) is 16.5 Å². The SMILES string of the molecule is Cc1cc(C)c(OCc2c(C)cccc2C(=O)NCl)cc1C. The van der Waals surface area contributed by atoms with Gasteiger partial charge in [-0.3, -0.25) is 9.63 Å². The Hall–Kier alpha value is -2.00. The average Bonchev–Trinajstić information content (AvgIpc) is 2.49. The molecule has 0 radical (unpaired) electrons. The van der Waals surface area contributed by atoms with Crippen LogP contribution in [0.25, 0.3) is 0 Å². The third-order valence-electron chi connectivity index (χ3n) is 3.90. The molecule has 2 rings (SSSR count). The first-order chi connectivity index (χ1) is 10.4. The summed E-state index contributed by atoms with van der Waals surface area (Å²) in [5.41, 5.74) is 5.89. The highest BCUT2D eigenvalue weighted by Crippen LogP contribution is 2.24. The van der Waals surface area contributed by atoms with Crippen LogP contribution < -0.4 is 9.57 Å². The molecule has 22 heavy (non-hydrogen) atoms. The van der Waals surface area contributed by atoms with E-state index < -0.39 is 0 Å². The number of hydrogen-bond acceptors (Lipinski definition) is 2. The lowest BCUT2D eigenvalue weighted by Gasteiger charge is -2.15. The number of aryl methyl sites for hydroxylation is 4. The number of hydrogen-bond donors (Lipinski definition) is 1. The first-order valence-corrected chi connectivity index (χ1v) is 7.52. The van der Waals surface area contributed by atoms with Gasteiger partial charge in [-0.15, -0.1) is 0 Å². The van der Waals surface area contributed by atoms with Crippen molar-refractivity contribution >= 4 is 17.7 Å². The minimum atomic E-state index is -0.319. The van der Waals surface area contributed by atoms with Gasteiger partial charge < -0.3 is 4.74 Å². The molecule has 116 valence electrons. The molecule has 2 aromatic carbocycles. The van der Waals surface area contributed by atoms with Gasteiger partial charge in [-0.25, -0.2) is 0 Å². The van der Waals surface area contributed by atoms with E-state index in [-0.39, 0.29) is 5.91 Å². The highest BCUT2D eigenvalue weighted by Gasteiger charge is 2.13. The van der Waals surface area contributed by atoms with Gasteiger partial charge in [0.15, 0.2) is 0 Å². The van der Waals surface area contributed by atoms with Crippen molar-refractivity contribution in [3.63, 3.8) is 0 Å². The van der Waals surface area contributed by atoms with Crippen LogP contribution in [0.3, 0.4) is 0 Å². The Balaban J connectivity index is 2.29. The second kappa shape index (κ2) is 6.84. The largest absolute Gasteiger partial charge is 0.489 e. The van der Waals surface area contributed by atoms with Gasteiger partial charge in [0.25, 0.3) is 5.91 Å². The molecule has 0 aromatic heterocycles. The lowest BCUT2D eigenvalue weighted by Crippen LogP contribution is -2.16. The van der Waals surface area contributed by atoms with E-state index >= 15 is 0 Å². The van der Waals surface area contributed by atoms with Crippen LogP contribution >= 0.6 is 11.8 Å². The number of amides is 1. The van der Waals surface area contributed by atoms with Crippen LogP contribution in [0, 0.1) is 27.7 Å². The molecule has 0 saturated carbocycles. The molecular formula is C18H20ClNO2. The molecule has 4 heteroatoms. The topological polar surface area (TPSA) is 38.3 Å². The van der Waals surface area contributed by atoms with Gasteiger partial charge in [-0.2, -0.15) is 0 Å². The van der Waals surface area contributed by atoms with E-state index in [1.54, 1.807) is 6.07 Å². The summed E-state index contributed by atoms with van der Waals surface area (Å²) >= 11 is 5.45. The predicted molar refractivity (Wildman–Crippen MR) is 89.5 cm³/mol. The fourth-order valence-electron chi connectivity index (χ4n) is 2.40. The van der Waals surface area contributed by atoms with Gasteiger partial charge in [-0.05, 0) is 62.1 Å². The Morgan fingerprint density at radius 2 is 1.73 bits per heavy atom. The van der Waals surface area contributed by atoms with Crippen LogP contribution in [0.15, 0.2) is 30.3 Å². The number of benzene rings is 2. The van der Waals surface area contributed by atoms with E-state index in [2.05, 4.69) is 24.7 Å². The second-order valence-corrected chi connectivity index (χ2v) is 5.70. The number of halogens is 1. The molecule has 0 aliphatic carbocycles. The van der Waals surface area contributed by atoms with Crippen LogP contribution in [-0.4, -0.2) is 5.91 Å². The molecule has 0 unspecified atom stereocenters. The minimum Gasteiger partial charge on any atom is -0.489 e. The summed E-state index contributed by atoms with van der Waals surface area (Å²) in [6.07, 6.45) is 0. The third kappa shape index (κ3) is 3.42. The van der Waals surface area contributed by atoms with Crippen molar-refractivity contribution in [1.29, 1.82) is 0 Å². The molecule has 0 atom stereocenters. The first kappa shape index (κ1) is 16.4. The second-order valence-electron chi connectivity index (χ2n) is 5.52. The van der Waals surface area contributed by atoms with E-state index in [0.717, 1.165) is 22.4 Å². The third-order valence-corrected chi connectivity index (χ3v) is 4.08. The maximum atomic E-state index is 11.9. The van der Waals surface area contributed by atoms with Gasteiger partial charge >= 0.3 is 0 Å². The summed E-state index contributed by atoms with van der Waals surface area (Å²) in [7, 11) is 0. The van der Waals surface area contributed by atoms with Crippen molar-refractivity contribution in [1.82, 2.24) is 4.84 Å². The molecule has 1 N–H and O–H groups in total. The van der Waals surface area contributed by atoms with E-state index in [1.165, 1.54) is 11.1 Å². The average molecular weight is 318 g/mol. The summed E-state index contributed by atoms with van der Waals surface area (Å²) in [5, 5.41) is 0. The summed E-state index contributed by atoms with van der Waals surface area (Å²) in [6, 6.07) is 9.67. The van der Waals surface area contributed by atoms with Crippen molar-refractivity contribution in [2.45, 2.75) is 34.3 Å². The molecule has 0 saturated heterocycles. The number of nitrogens with one attached hydrogen (secondary N) is 1. The summed E-state index contributed by atoms with van der Waals surface area (Å²) in [5.74, 6) is 0.518. The Bertz CT molecular complexity index is 710. The number of carbonyl (C=O) groups excluding carboxylic acids is 1. The molecule has 3 nitrogen and oxygen atoms in total. The predicted octanol–water partition coefficient (Wildman–Crippen LogP) is 4.38. The van der Waals surface area contributed by atoms with Crippen LogP contribution in [-0.2, 0) is 6.61 Å². The fourth-order valence-corrected chi connectivity index (χ4v) is 2.50. The quantitative estimate of drug-likeness (QED) is 0.850. The zero-order valence-electron chi connectivity index (χ0n) is 13.3. The van der Waals surface area contributed by atoms with Crippen molar-refractivity contribution in [3.8, 4) is 5.75 Å². The van der Waals surface area contributed by atoms with Gasteiger partial charge in [0.2, 0.25) is 0 Å². The molecule has 1 amide bonds. The van der Waals surface area contributed by atoms with Gasteiger partial charge in [-0.1, -0.05) is 18.2 Å². The van der Waals surface area contributed by atoms with Crippen LogP contribution in [0.4, 0.5) is 0 Å². The van der Waals surface area contributed by atoms with Crippen LogP contribution in [0.5, 0.6) is 5.75 Å². The monoisotopic (exact) mass is 317 g/mol. The van der Waals surface area contributed by atoms with E-state index in [9.17, 15) is 4.79 Å². The Morgan fingerprint density at radius 1 is 1.05 bits per heavy atom. The maximum absolute atomic E-state index is 11.9. The maximum Gasteiger partial charge on any atom is 0.266 e. The highest BCUT2D eigenvalue weighted by molar-refractivity contribution is 6.24. The van der Waals surface area contributed by atoms with Crippen molar-refractivity contribution < 1.29 is 9.53 Å². The zero-order chi connectivity index (χ0) is 16.3. The molecule has 0 spiro atoms. The first-order valence-electron chi connectivity index (χ1n) is 7.14. The number of carbonyl (C=O) groups is 1. The molecule has 2 aromatic rings. The van der Waals surface area contributed by atoms with Crippen molar-refractivity contribution in [2.75, 3.05) is 0 Å². The smallest absolute Gasteiger partial charge is 0.266 e. The fraction of sp³-hybridized carbons (Fsp3) is 0.278. The van der Waals surface area contributed by atoms with Crippen LogP contribution in [0.1, 0.15) is 38.2 Å². The molecular weight excluding hydrogens is 298 g/mol. The number of ether oxygens (including phenoxy) is 1. The highest BCUT2D eigenvalue weighted by atomic mass is 35.5. The Morgan fingerprint density at radius 3 is 2.41 bits per heavy atom. The van der Waals surface area contributed by atoms with E-state index in [1.807, 2.05) is 32.0 Å². The minimum absolute atomic E-state index is 0.319. The molecule has 0 aliphatic heterocycles. The molecule has 0 heterocycles. The van der Waals surface area contributed by atoms with Crippen molar-refractivity contribution in [2.24, 2.45) is 0 Å². The standard InChI is InChI=1S/C18H20ClNO2/c1-11-6-5-7-15(18(21)20-19)16(11)10-22-17-9-13(3)12(2)8-14(17)4/h5-9H,10H2,1-4H3,(H,20,21). The Labute approximate surface area is 136 Å². The van der Waals surface area contributed by atoms with Crippen LogP contribution in [0.2, 0.25) is 0 Å². The number of rotatable bonds is 4. The van der Waals surface area contributed by atoms with Crippen molar-refractivity contribution in [3.05, 3.63) is 63.7 Å². The molecule has 0 bridgehead atoms. The lowest BCUT2D eigenvalue weighted by atomic mass is 10.0. The zero-order valence-corrected chi connectivity index (χ0v) is 14.0. The summed E-state index contributed by atoms with van der Waals surface area (Å²) < 4.78 is 5.95. The molecule has 0 aliphatic rings. The molecule has 0 fully saturated rings. The van der Waals surface area contributed by atoms with E-state index in [0.29, 0.717) is 12.2 Å².